The van der Waals surface area contributed by atoms with Crippen LogP contribution in [0.2, 0.25) is 0 Å². The number of carbonyl (C=O) groups excluding carboxylic acids is 2. The minimum atomic E-state index is -0.465. The van der Waals surface area contributed by atoms with Gasteiger partial charge in [0.2, 0.25) is 0 Å². The Kier molecular flexibility index (Phi) is 3.87. The molecule has 0 aromatic heterocycles. The number of ether oxygens (including phenoxy) is 1. The van der Waals surface area contributed by atoms with Gasteiger partial charge < -0.3 is 9.64 Å². The summed E-state index contributed by atoms with van der Waals surface area (Å²) in [5, 5.41) is 0. The molecule has 0 atom stereocenters. The Balaban J connectivity index is 2.27. The van der Waals surface area contributed by atoms with Crippen molar-refractivity contribution < 1.29 is 14.3 Å². The molecule has 0 fully saturated rings. The van der Waals surface area contributed by atoms with Crippen LogP contribution in [0.5, 0.6) is 5.75 Å². The summed E-state index contributed by atoms with van der Waals surface area (Å²) in [6.07, 6.45) is 1.60. The van der Waals surface area contributed by atoms with Gasteiger partial charge in [0.05, 0.1) is 18.4 Å². The molecule has 0 spiro atoms. The number of methoxy groups -OCH3 is 1. The number of amides is 1. The van der Waals surface area contributed by atoms with Crippen molar-refractivity contribution in [2.45, 2.75) is 12.8 Å². The van der Waals surface area contributed by atoms with Crippen molar-refractivity contribution in [1.82, 2.24) is 0 Å². The topological polar surface area (TPSA) is 46.6 Å². The van der Waals surface area contributed by atoms with E-state index >= 15 is 0 Å². The predicted molar refractivity (Wildman–Crippen MR) is 69.6 cm³/mol. The Morgan fingerprint density at radius 1 is 1.28 bits per heavy atom. The van der Waals surface area contributed by atoms with Crippen molar-refractivity contribution in [3.8, 4) is 5.75 Å². The molecule has 0 radical (unpaired) electrons. The maximum Gasteiger partial charge on any atom is 0.299 e. The molecule has 1 heterocycles. The van der Waals surface area contributed by atoms with E-state index in [1.165, 1.54) is 4.90 Å². The molecular weight excluding hydrogens is 254 g/mol. The average molecular weight is 268 g/mol. The third kappa shape index (κ3) is 2.20. The van der Waals surface area contributed by atoms with Gasteiger partial charge in [-0.2, -0.15) is 0 Å². The minimum absolute atomic E-state index is 0.446. The van der Waals surface area contributed by atoms with Gasteiger partial charge in [-0.3, -0.25) is 9.59 Å². The number of unbranched alkanes of at least 4 members (excludes halogenated alkanes) is 1. The summed E-state index contributed by atoms with van der Waals surface area (Å²) in [4.78, 5) is 25.1. The van der Waals surface area contributed by atoms with Crippen LogP contribution in [0.3, 0.4) is 0 Å². The van der Waals surface area contributed by atoms with Crippen LogP contribution in [0.1, 0.15) is 23.2 Å². The van der Waals surface area contributed by atoms with Crippen LogP contribution in [0, 0.1) is 0 Å². The number of alkyl halides is 1. The largest absolute Gasteiger partial charge is 0.497 e. The van der Waals surface area contributed by atoms with Crippen molar-refractivity contribution in [2.24, 2.45) is 0 Å². The number of hydrogen-bond acceptors (Lipinski definition) is 3. The van der Waals surface area contributed by atoms with E-state index in [0.717, 1.165) is 12.8 Å². The molecule has 4 nitrogen and oxygen atoms in total. The molecule has 0 unspecified atom stereocenters. The van der Waals surface area contributed by atoms with E-state index in [-0.39, 0.29) is 0 Å². The van der Waals surface area contributed by atoms with E-state index in [4.69, 9.17) is 16.3 Å². The molecule has 0 bridgehead atoms. The lowest BCUT2D eigenvalue weighted by atomic mass is 10.1. The second kappa shape index (κ2) is 5.40. The van der Waals surface area contributed by atoms with Gasteiger partial charge in [-0.15, -0.1) is 11.6 Å². The zero-order valence-corrected chi connectivity index (χ0v) is 10.9. The van der Waals surface area contributed by atoms with Crippen molar-refractivity contribution >= 4 is 29.0 Å². The number of benzene rings is 1. The first-order chi connectivity index (χ1) is 8.69. The molecule has 0 N–H and O–H groups in total. The number of anilines is 1. The summed E-state index contributed by atoms with van der Waals surface area (Å²) in [5.74, 6) is 0.283. The normalized spacial score (nSPS) is 14.0. The fraction of sp³-hybridized carbons (Fsp3) is 0.385. The maximum absolute atomic E-state index is 11.9. The highest BCUT2D eigenvalue weighted by Crippen LogP contribution is 2.32. The number of fused-ring (bicyclic) bond motifs is 1. The number of carbonyl (C=O) groups is 2. The molecule has 18 heavy (non-hydrogen) atoms. The highest BCUT2D eigenvalue weighted by Gasteiger charge is 2.35. The summed E-state index contributed by atoms with van der Waals surface area (Å²) in [7, 11) is 1.55. The smallest absolute Gasteiger partial charge is 0.299 e. The first kappa shape index (κ1) is 12.9. The second-order valence-electron chi connectivity index (χ2n) is 4.07. The van der Waals surface area contributed by atoms with E-state index in [0.29, 0.717) is 29.4 Å². The highest BCUT2D eigenvalue weighted by molar-refractivity contribution is 6.52. The van der Waals surface area contributed by atoms with Crippen molar-refractivity contribution in [3.05, 3.63) is 23.8 Å². The Morgan fingerprint density at radius 3 is 2.72 bits per heavy atom. The van der Waals surface area contributed by atoms with Gasteiger partial charge in [-0.1, -0.05) is 0 Å². The number of rotatable bonds is 5. The van der Waals surface area contributed by atoms with Gasteiger partial charge in [-0.05, 0) is 25.0 Å². The van der Waals surface area contributed by atoms with Gasteiger partial charge in [0.1, 0.15) is 5.75 Å². The van der Waals surface area contributed by atoms with Crippen molar-refractivity contribution in [2.75, 3.05) is 24.4 Å². The third-order valence-electron chi connectivity index (χ3n) is 2.95. The average Bonchev–Trinajstić information content (AvgIpc) is 2.63. The number of Topliss-reactive ketones (excluding diaryl/α,β-unsaturated/α-hetero) is 1. The van der Waals surface area contributed by atoms with Gasteiger partial charge >= 0.3 is 0 Å². The molecule has 96 valence electrons. The van der Waals surface area contributed by atoms with E-state index in [9.17, 15) is 9.59 Å². The van der Waals surface area contributed by atoms with Gasteiger partial charge in [0, 0.05) is 18.5 Å². The van der Waals surface area contributed by atoms with Gasteiger partial charge in [0.15, 0.2) is 0 Å². The number of halogens is 1. The Morgan fingerprint density at radius 2 is 2.06 bits per heavy atom. The third-order valence-corrected chi connectivity index (χ3v) is 3.21. The lowest BCUT2D eigenvalue weighted by molar-refractivity contribution is -0.114. The fourth-order valence-corrected chi connectivity index (χ4v) is 2.18. The lowest BCUT2D eigenvalue weighted by Crippen LogP contribution is -2.30. The standard InChI is InChI=1S/C13H14ClNO3/c1-18-9-4-5-10-11(8-9)15(7-3-2-6-14)13(17)12(10)16/h4-5,8H,2-3,6-7H2,1H3. The monoisotopic (exact) mass is 267 g/mol. The van der Waals surface area contributed by atoms with E-state index in [1.807, 2.05) is 0 Å². The molecule has 1 aromatic carbocycles. The van der Waals surface area contributed by atoms with Crippen LogP contribution < -0.4 is 9.64 Å². The number of hydrogen-bond donors (Lipinski definition) is 0. The molecule has 1 aliphatic heterocycles. The second-order valence-corrected chi connectivity index (χ2v) is 4.44. The van der Waals surface area contributed by atoms with E-state index in [1.54, 1.807) is 25.3 Å². The molecule has 0 saturated carbocycles. The predicted octanol–water partition coefficient (Wildman–Crippen LogP) is 2.24. The summed E-state index contributed by atoms with van der Waals surface area (Å²) >= 11 is 5.61. The zero-order valence-electron chi connectivity index (χ0n) is 10.1. The minimum Gasteiger partial charge on any atom is -0.497 e. The Hall–Kier alpha value is -1.55. The van der Waals surface area contributed by atoms with Crippen LogP contribution in [0.25, 0.3) is 0 Å². The Labute approximate surface area is 110 Å². The molecule has 2 rings (SSSR count). The molecule has 1 aliphatic rings. The maximum atomic E-state index is 11.9. The fourth-order valence-electron chi connectivity index (χ4n) is 1.99. The summed E-state index contributed by atoms with van der Waals surface area (Å²) in [6.45, 7) is 0.511. The first-order valence-corrected chi connectivity index (χ1v) is 6.32. The molecule has 1 aromatic rings. The van der Waals surface area contributed by atoms with Crippen LogP contribution in [-0.4, -0.2) is 31.2 Å². The van der Waals surface area contributed by atoms with Crippen molar-refractivity contribution in [1.29, 1.82) is 0 Å². The lowest BCUT2D eigenvalue weighted by Gasteiger charge is -2.16. The highest BCUT2D eigenvalue weighted by atomic mass is 35.5. The van der Waals surface area contributed by atoms with Gasteiger partial charge in [-0.25, -0.2) is 0 Å². The van der Waals surface area contributed by atoms with E-state index in [2.05, 4.69) is 0 Å². The molecular formula is C13H14ClNO3. The van der Waals surface area contributed by atoms with Crippen molar-refractivity contribution in [3.63, 3.8) is 0 Å². The molecule has 0 saturated heterocycles. The van der Waals surface area contributed by atoms with E-state index < -0.39 is 11.7 Å². The number of ketones is 1. The van der Waals surface area contributed by atoms with Crippen LogP contribution in [0.4, 0.5) is 5.69 Å². The van der Waals surface area contributed by atoms with Gasteiger partial charge in [0.25, 0.3) is 11.7 Å². The van der Waals surface area contributed by atoms with Crippen LogP contribution in [-0.2, 0) is 4.79 Å². The quantitative estimate of drug-likeness (QED) is 0.467. The summed E-state index contributed by atoms with van der Waals surface area (Å²) in [6, 6.07) is 5.04. The number of nitrogens with zero attached hydrogens (tertiary/aromatic N) is 1. The van der Waals surface area contributed by atoms with Crippen LogP contribution in [0.15, 0.2) is 18.2 Å². The molecule has 1 amide bonds. The Bertz CT molecular complexity index is 487. The first-order valence-electron chi connectivity index (χ1n) is 5.79. The molecule has 5 heteroatoms. The van der Waals surface area contributed by atoms with Crippen LogP contribution >= 0.6 is 11.6 Å². The molecule has 0 aliphatic carbocycles. The summed E-state index contributed by atoms with van der Waals surface area (Å²) < 4.78 is 5.11. The zero-order chi connectivity index (χ0) is 13.1. The summed E-state index contributed by atoms with van der Waals surface area (Å²) in [5.41, 5.74) is 1.09. The SMILES string of the molecule is COc1ccc2c(c1)N(CCCCCl)C(=O)C2=O.